The summed E-state index contributed by atoms with van der Waals surface area (Å²) < 4.78 is 0. The largest absolute Gasteiger partial charge is 0.382 e. The third-order valence-electron chi connectivity index (χ3n) is 2.33. The van der Waals surface area contributed by atoms with Crippen LogP contribution in [-0.2, 0) is 9.59 Å². The summed E-state index contributed by atoms with van der Waals surface area (Å²) in [5.41, 5.74) is -1.18. The van der Waals surface area contributed by atoms with Gasteiger partial charge in [0.1, 0.15) is 11.9 Å². The van der Waals surface area contributed by atoms with Crippen molar-refractivity contribution in [2.45, 2.75) is 45.1 Å². The maximum Gasteiger partial charge on any atom is 0.151 e. The van der Waals surface area contributed by atoms with Crippen molar-refractivity contribution in [2.75, 3.05) is 0 Å². The Morgan fingerprint density at radius 3 is 2.46 bits per heavy atom. The number of carbonyl (C=O) groups excluding carboxylic acids is 2. The van der Waals surface area contributed by atoms with Gasteiger partial charge in [0.15, 0.2) is 6.29 Å². The van der Waals surface area contributed by atoms with Crippen molar-refractivity contribution in [1.82, 2.24) is 0 Å². The van der Waals surface area contributed by atoms with Gasteiger partial charge in [-0.3, -0.25) is 0 Å². The van der Waals surface area contributed by atoms with Crippen molar-refractivity contribution in [3.8, 4) is 0 Å². The second-order valence-electron chi connectivity index (χ2n) is 3.58. The van der Waals surface area contributed by atoms with Gasteiger partial charge in [0.2, 0.25) is 0 Å². The number of hydrogen-bond donors (Lipinski definition) is 1. The molecule has 3 heteroatoms. The molecule has 0 rings (SSSR count). The first-order valence-corrected chi connectivity index (χ1v) is 4.72. The van der Waals surface area contributed by atoms with E-state index in [1.807, 2.05) is 6.92 Å². The van der Waals surface area contributed by atoms with E-state index in [4.69, 9.17) is 0 Å². The Labute approximate surface area is 79.1 Å². The van der Waals surface area contributed by atoms with E-state index >= 15 is 0 Å². The van der Waals surface area contributed by atoms with Crippen molar-refractivity contribution in [2.24, 2.45) is 5.92 Å². The third kappa shape index (κ3) is 4.78. The molecule has 0 aromatic rings. The average Bonchev–Trinajstić information content (AvgIpc) is 2.17. The number of carbonyl (C=O) groups is 2. The zero-order valence-corrected chi connectivity index (χ0v) is 8.32. The van der Waals surface area contributed by atoms with E-state index in [-0.39, 0.29) is 5.92 Å². The molecule has 2 unspecified atom stereocenters. The van der Waals surface area contributed by atoms with Crippen molar-refractivity contribution < 1.29 is 14.7 Å². The summed E-state index contributed by atoms with van der Waals surface area (Å²) in [6.45, 7) is 3.61. The topological polar surface area (TPSA) is 54.4 Å². The highest BCUT2D eigenvalue weighted by molar-refractivity contribution is 5.61. The van der Waals surface area contributed by atoms with E-state index in [0.29, 0.717) is 25.5 Å². The second kappa shape index (κ2) is 5.86. The van der Waals surface area contributed by atoms with E-state index in [9.17, 15) is 14.7 Å². The normalized spacial score (nSPS) is 17.5. The van der Waals surface area contributed by atoms with Gasteiger partial charge >= 0.3 is 0 Å². The molecule has 0 aromatic heterocycles. The Bertz CT molecular complexity index is 168. The Kier molecular flexibility index (Phi) is 5.55. The maximum absolute atomic E-state index is 10.5. The van der Waals surface area contributed by atoms with Crippen molar-refractivity contribution in [3.63, 3.8) is 0 Å². The van der Waals surface area contributed by atoms with E-state index < -0.39 is 5.60 Å². The van der Waals surface area contributed by atoms with Gasteiger partial charge in [-0.05, 0) is 25.7 Å². The monoisotopic (exact) mass is 186 g/mol. The van der Waals surface area contributed by atoms with Gasteiger partial charge in [-0.15, -0.1) is 0 Å². The molecule has 0 aromatic carbocycles. The third-order valence-corrected chi connectivity index (χ3v) is 2.33. The molecule has 13 heavy (non-hydrogen) atoms. The van der Waals surface area contributed by atoms with Gasteiger partial charge in [-0.1, -0.05) is 13.8 Å². The van der Waals surface area contributed by atoms with E-state index in [2.05, 4.69) is 0 Å². The molecular formula is C10H18O3. The summed E-state index contributed by atoms with van der Waals surface area (Å²) >= 11 is 0. The van der Waals surface area contributed by atoms with E-state index in [1.54, 1.807) is 6.92 Å². The summed E-state index contributed by atoms with van der Waals surface area (Å²) in [5, 5.41) is 9.56. The lowest BCUT2D eigenvalue weighted by atomic mass is 9.93. The summed E-state index contributed by atoms with van der Waals surface area (Å²) in [7, 11) is 0. The minimum Gasteiger partial charge on any atom is -0.382 e. The molecule has 0 aliphatic carbocycles. The molecule has 0 fully saturated rings. The highest BCUT2D eigenvalue weighted by Crippen LogP contribution is 2.17. The minimum absolute atomic E-state index is 0.0211. The van der Waals surface area contributed by atoms with Gasteiger partial charge in [-0.25, -0.2) is 0 Å². The van der Waals surface area contributed by atoms with Crippen LogP contribution in [0.15, 0.2) is 0 Å². The number of rotatable bonds is 7. The highest BCUT2D eigenvalue weighted by Gasteiger charge is 2.22. The molecule has 76 valence electrons. The molecule has 0 amide bonds. The number of aldehydes is 2. The molecule has 0 spiro atoms. The highest BCUT2D eigenvalue weighted by atomic mass is 16.3. The predicted molar refractivity (Wildman–Crippen MR) is 50.4 cm³/mol. The van der Waals surface area contributed by atoms with Gasteiger partial charge in [0, 0.05) is 5.92 Å². The van der Waals surface area contributed by atoms with Crippen LogP contribution in [0.3, 0.4) is 0 Å². The molecular weight excluding hydrogens is 168 g/mol. The second-order valence-corrected chi connectivity index (χ2v) is 3.58. The fourth-order valence-electron chi connectivity index (χ4n) is 1.12. The zero-order chi connectivity index (χ0) is 10.3. The summed E-state index contributed by atoms with van der Waals surface area (Å²) in [5.74, 6) is 0.0211. The molecule has 1 N–H and O–H groups in total. The van der Waals surface area contributed by atoms with Gasteiger partial charge in [-0.2, -0.15) is 0 Å². The SMILES string of the molecule is CCC(O)(C=O)CCCC(C)C=O. The van der Waals surface area contributed by atoms with Crippen LogP contribution in [-0.4, -0.2) is 23.3 Å². The fourth-order valence-corrected chi connectivity index (χ4v) is 1.12. The standard InChI is InChI=1S/C10H18O3/c1-3-10(13,8-12)6-4-5-9(2)7-11/h7-9,13H,3-6H2,1-2H3. The smallest absolute Gasteiger partial charge is 0.151 e. The lowest BCUT2D eigenvalue weighted by Crippen LogP contribution is -2.29. The summed E-state index contributed by atoms with van der Waals surface area (Å²) in [6, 6.07) is 0. The van der Waals surface area contributed by atoms with Gasteiger partial charge in [0.05, 0.1) is 0 Å². The Balaban J connectivity index is 3.73. The van der Waals surface area contributed by atoms with Crippen molar-refractivity contribution in [3.05, 3.63) is 0 Å². The van der Waals surface area contributed by atoms with Crippen molar-refractivity contribution >= 4 is 12.6 Å². The van der Waals surface area contributed by atoms with Crippen LogP contribution in [0.2, 0.25) is 0 Å². The van der Waals surface area contributed by atoms with Crippen LogP contribution in [0, 0.1) is 5.92 Å². The van der Waals surface area contributed by atoms with Crippen LogP contribution in [0.25, 0.3) is 0 Å². The average molecular weight is 186 g/mol. The van der Waals surface area contributed by atoms with E-state index in [0.717, 1.165) is 12.7 Å². The Hall–Kier alpha value is -0.700. The lowest BCUT2D eigenvalue weighted by Gasteiger charge is -2.19. The molecule has 0 aliphatic rings. The quantitative estimate of drug-likeness (QED) is 0.610. The van der Waals surface area contributed by atoms with Crippen LogP contribution < -0.4 is 0 Å². The van der Waals surface area contributed by atoms with Crippen LogP contribution in [0.4, 0.5) is 0 Å². The first-order chi connectivity index (χ1) is 6.08. The van der Waals surface area contributed by atoms with Crippen LogP contribution in [0.5, 0.6) is 0 Å². The first-order valence-electron chi connectivity index (χ1n) is 4.72. The maximum atomic E-state index is 10.5. The lowest BCUT2D eigenvalue weighted by molar-refractivity contribution is -0.125. The Morgan fingerprint density at radius 1 is 1.46 bits per heavy atom. The fraction of sp³-hybridized carbons (Fsp3) is 0.800. The molecule has 0 saturated heterocycles. The molecule has 0 radical (unpaired) electrons. The molecule has 0 aliphatic heterocycles. The van der Waals surface area contributed by atoms with E-state index in [1.165, 1.54) is 0 Å². The molecule has 3 nitrogen and oxygen atoms in total. The predicted octanol–water partition coefficient (Wildman–Crippen LogP) is 1.33. The van der Waals surface area contributed by atoms with Crippen molar-refractivity contribution in [1.29, 1.82) is 0 Å². The molecule has 0 saturated carbocycles. The first kappa shape index (κ1) is 12.3. The number of aliphatic hydroxyl groups is 1. The van der Waals surface area contributed by atoms with Crippen LogP contribution >= 0.6 is 0 Å². The van der Waals surface area contributed by atoms with Gasteiger partial charge in [0.25, 0.3) is 0 Å². The minimum atomic E-state index is -1.18. The molecule has 0 heterocycles. The molecule has 2 atom stereocenters. The Morgan fingerprint density at radius 2 is 2.08 bits per heavy atom. The molecule has 0 bridgehead atoms. The summed E-state index contributed by atoms with van der Waals surface area (Å²) in [4.78, 5) is 20.8. The van der Waals surface area contributed by atoms with Crippen LogP contribution in [0.1, 0.15) is 39.5 Å². The van der Waals surface area contributed by atoms with Gasteiger partial charge < -0.3 is 14.7 Å². The zero-order valence-electron chi connectivity index (χ0n) is 8.32. The summed E-state index contributed by atoms with van der Waals surface area (Å²) in [6.07, 6.45) is 3.82. The number of hydrogen-bond acceptors (Lipinski definition) is 3.